The van der Waals surface area contributed by atoms with E-state index in [1.165, 1.54) is 6.07 Å². The summed E-state index contributed by atoms with van der Waals surface area (Å²) in [5.74, 6) is -0.343. The highest BCUT2D eigenvalue weighted by Crippen LogP contribution is 2.29. The number of nitrogens with zero attached hydrogens (tertiary/aromatic N) is 2. The first kappa shape index (κ1) is 18.0. The normalized spacial score (nSPS) is 22.1. The van der Waals surface area contributed by atoms with Gasteiger partial charge in [0.05, 0.1) is 11.2 Å². The molecule has 27 heavy (non-hydrogen) atoms. The van der Waals surface area contributed by atoms with E-state index in [4.69, 9.17) is 0 Å². The summed E-state index contributed by atoms with van der Waals surface area (Å²) in [6.07, 6.45) is 2.54. The molecule has 6 nitrogen and oxygen atoms in total. The second-order valence-corrected chi connectivity index (χ2v) is 7.51. The molecule has 2 aromatic rings. The quantitative estimate of drug-likeness (QED) is 0.858. The lowest BCUT2D eigenvalue weighted by molar-refractivity contribution is 0.0947. The maximum absolute atomic E-state index is 14.8. The number of fused-ring (bicyclic) bond motifs is 1. The molecule has 1 saturated heterocycles. The van der Waals surface area contributed by atoms with E-state index in [1.54, 1.807) is 12.3 Å². The number of carbonyl (C=O) groups is 1. The van der Waals surface area contributed by atoms with Gasteiger partial charge < -0.3 is 20.1 Å². The van der Waals surface area contributed by atoms with E-state index in [9.17, 15) is 14.0 Å². The number of hydrogen-bond donors (Lipinski definition) is 2. The van der Waals surface area contributed by atoms with Crippen LogP contribution in [0.3, 0.4) is 0 Å². The van der Waals surface area contributed by atoms with Gasteiger partial charge in [0.1, 0.15) is 11.4 Å². The van der Waals surface area contributed by atoms with Crippen molar-refractivity contribution in [1.82, 2.24) is 15.2 Å². The van der Waals surface area contributed by atoms with Gasteiger partial charge in [-0.05, 0) is 31.4 Å². The topological polar surface area (TPSA) is 66.4 Å². The highest BCUT2D eigenvalue weighted by Gasteiger charge is 2.34. The minimum absolute atomic E-state index is 0.0813. The number of amides is 1. The number of aromatic nitrogens is 1. The fourth-order valence-corrected chi connectivity index (χ4v) is 3.74. The largest absolute Gasteiger partial charge is 0.367 e. The number of rotatable bonds is 4. The van der Waals surface area contributed by atoms with Crippen molar-refractivity contribution in [3.05, 3.63) is 39.9 Å². The zero-order valence-corrected chi connectivity index (χ0v) is 15.7. The minimum Gasteiger partial charge on any atom is -0.367 e. The summed E-state index contributed by atoms with van der Waals surface area (Å²) in [4.78, 5) is 27.4. The fourth-order valence-electron chi connectivity index (χ4n) is 3.74. The maximum Gasteiger partial charge on any atom is 0.256 e. The van der Waals surface area contributed by atoms with Gasteiger partial charge in [0, 0.05) is 50.3 Å². The van der Waals surface area contributed by atoms with E-state index < -0.39 is 11.2 Å². The monoisotopic (exact) mass is 372 g/mol. The number of hydrogen-bond acceptors (Lipinski definition) is 4. The zero-order valence-electron chi connectivity index (χ0n) is 15.7. The Kier molecular flexibility index (Phi) is 4.63. The predicted molar refractivity (Wildman–Crippen MR) is 104 cm³/mol. The van der Waals surface area contributed by atoms with Crippen LogP contribution in [0.25, 0.3) is 10.9 Å². The van der Waals surface area contributed by atoms with Crippen LogP contribution in [0.2, 0.25) is 0 Å². The molecule has 2 aliphatic rings. The molecule has 7 heteroatoms. The van der Waals surface area contributed by atoms with E-state index in [1.807, 2.05) is 16.4 Å². The van der Waals surface area contributed by atoms with E-state index in [0.717, 1.165) is 32.6 Å². The molecule has 1 aliphatic carbocycles. The lowest BCUT2D eigenvalue weighted by Gasteiger charge is -2.30. The van der Waals surface area contributed by atoms with Gasteiger partial charge in [0.2, 0.25) is 5.43 Å². The minimum atomic E-state index is -0.419. The Morgan fingerprint density at radius 3 is 2.67 bits per heavy atom. The van der Waals surface area contributed by atoms with Crippen LogP contribution in [-0.2, 0) is 6.54 Å². The standard InChI is InChI=1S/C20H25FN4O2/c1-3-24-11-14(20(27)23-16-8-12(16)2)19(26)13-9-15(21)18(10-17(13)24)25-6-4-22-5-7-25/h9-12,16,22H,3-8H2,1-2H3,(H,23,27)/t12-,16-/m0/s1. The fraction of sp³-hybridized carbons (Fsp3) is 0.500. The average Bonchev–Trinajstić information content (AvgIpc) is 3.37. The smallest absolute Gasteiger partial charge is 0.256 e. The predicted octanol–water partition coefficient (Wildman–Crippen LogP) is 1.71. The third-order valence-electron chi connectivity index (χ3n) is 5.62. The average molecular weight is 372 g/mol. The molecule has 0 unspecified atom stereocenters. The Balaban J connectivity index is 1.79. The van der Waals surface area contributed by atoms with Gasteiger partial charge in [-0.25, -0.2) is 4.39 Å². The van der Waals surface area contributed by atoms with Crippen molar-refractivity contribution in [1.29, 1.82) is 0 Å². The van der Waals surface area contributed by atoms with Gasteiger partial charge in [0.25, 0.3) is 5.91 Å². The van der Waals surface area contributed by atoms with Gasteiger partial charge in [-0.3, -0.25) is 9.59 Å². The summed E-state index contributed by atoms with van der Waals surface area (Å²) in [6, 6.07) is 3.16. The molecule has 2 N–H and O–H groups in total. The summed E-state index contributed by atoms with van der Waals surface area (Å²) in [5, 5.41) is 6.40. The summed E-state index contributed by atoms with van der Waals surface area (Å²) in [6.45, 7) is 7.64. The Morgan fingerprint density at radius 2 is 2.04 bits per heavy atom. The van der Waals surface area contributed by atoms with Crippen LogP contribution in [0.1, 0.15) is 30.6 Å². The second kappa shape index (κ2) is 6.96. The molecule has 0 bridgehead atoms. The van der Waals surface area contributed by atoms with E-state index >= 15 is 0 Å². The number of pyridine rings is 1. The van der Waals surface area contributed by atoms with Gasteiger partial charge in [-0.15, -0.1) is 0 Å². The molecule has 4 rings (SSSR count). The molecule has 0 spiro atoms. The van der Waals surface area contributed by atoms with Crippen molar-refractivity contribution in [3.63, 3.8) is 0 Å². The van der Waals surface area contributed by atoms with Crippen molar-refractivity contribution in [2.75, 3.05) is 31.1 Å². The third kappa shape index (κ3) is 3.32. The molecule has 2 heterocycles. The molecule has 2 fully saturated rings. The number of carbonyl (C=O) groups excluding carboxylic acids is 1. The SMILES string of the molecule is CCn1cc(C(=O)N[C@H]2C[C@@H]2C)c(=O)c2cc(F)c(N3CCNCC3)cc21. The summed E-state index contributed by atoms with van der Waals surface area (Å²) in [7, 11) is 0. The van der Waals surface area contributed by atoms with Crippen molar-refractivity contribution >= 4 is 22.5 Å². The number of nitrogens with one attached hydrogen (secondary N) is 2. The van der Waals surface area contributed by atoms with Crippen molar-refractivity contribution in [3.8, 4) is 0 Å². The van der Waals surface area contributed by atoms with Crippen LogP contribution in [0.15, 0.2) is 23.1 Å². The lowest BCUT2D eigenvalue weighted by atomic mass is 10.1. The first-order chi connectivity index (χ1) is 13.0. The number of benzene rings is 1. The third-order valence-corrected chi connectivity index (χ3v) is 5.62. The Labute approximate surface area is 157 Å². The zero-order chi connectivity index (χ0) is 19.1. The first-order valence-electron chi connectivity index (χ1n) is 9.62. The highest BCUT2D eigenvalue weighted by molar-refractivity contribution is 5.98. The first-order valence-corrected chi connectivity index (χ1v) is 9.62. The Morgan fingerprint density at radius 1 is 1.33 bits per heavy atom. The number of anilines is 1. The van der Waals surface area contributed by atoms with Crippen LogP contribution in [0, 0.1) is 11.7 Å². The van der Waals surface area contributed by atoms with Gasteiger partial charge in [-0.2, -0.15) is 0 Å². The molecule has 2 atom stereocenters. The number of piperazine rings is 1. The molecule has 1 amide bonds. The number of aryl methyl sites for hydroxylation is 1. The van der Waals surface area contributed by atoms with Gasteiger partial charge in [0.15, 0.2) is 0 Å². The van der Waals surface area contributed by atoms with Gasteiger partial charge in [-0.1, -0.05) is 6.92 Å². The van der Waals surface area contributed by atoms with Gasteiger partial charge >= 0.3 is 0 Å². The van der Waals surface area contributed by atoms with Crippen LogP contribution in [0.4, 0.5) is 10.1 Å². The molecular weight excluding hydrogens is 347 g/mol. The summed E-state index contributed by atoms with van der Waals surface area (Å²) >= 11 is 0. The van der Waals surface area contributed by atoms with E-state index in [-0.39, 0.29) is 22.9 Å². The molecular formula is C20H25FN4O2. The van der Waals surface area contributed by atoms with Crippen LogP contribution in [-0.4, -0.2) is 42.7 Å². The van der Waals surface area contributed by atoms with Crippen molar-refractivity contribution in [2.45, 2.75) is 32.9 Å². The lowest BCUT2D eigenvalue weighted by Crippen LogP contribution is -2.44. The highest BCUT2D eigenvalue weighted by atomic mass is 19.1. The maximum atomic E-state index is 14.8. The molecule has 144 valence electrons. The van der Waals surface area contributed by atoms with Crippen LogP contribution in [0.5, 0.6) is 0 Å². The van der Waals surface area contributed by atoms with Crippen molar-refractivity contribution < 1.29 is 9.18 Å². The summed E-state index contributed by atoms with van der Waals surface area (Å²) < 4.78 is 16.7. The molecule has 0 radical (unpaired) electrons. The summed E-state index contributed by atoms with van der Waals surface area (Å²) in [5.41, 5.74) is 0.840. The molecule has 1 aliphatic heterocycles. The Bertz CT molecular complexity index is 949. The van der Waals surface area contributed by atoms with E-state index in [2.05, 4.69) is 17.6 Å². The van der Waals surface area contributed by atoms with Crippen LogP contribution >= 0.6 is 0 Å². The Hall–Kier alpha value is -2.41. The molecule has 1 aromatic heterocycles. The van der Waals surface area contributed by atoms with E-state index in [0.29, 0.717) is 23.7 Å². The second-order valence-electron chi connectivity index (χ2n) is 7.51. The molecule has 1 aromatic carbocycles. The van der Waals surface area contributed by atoms with Crippen LogP contribution < -0.4 is 21.0 Å². The molecule has 1 saturated carbocycles. The number of halogens is 1. The van der Waals surface area contributed by atoms with Crippen molar-refractivity contribution in [2.24, 2.45) is 5.92 Å².